The van der Waals surface area contributed by atoms with Crippen LogP contribution in [0.5, 0.6) is 5.75 Å². The van der Waals surface area contributed by atoms with Crippen molar-refractivity contribution >= 4 is 17.7 Å². The molecule has 1 aromatic carbocycles. The minimum Gasteiger partial charge on any atom is -0.453 e. The number of aryl methyl sites for hydroxylation is 1. The van der Waals surface area contributed by atoms with Crippen LogP contribution in [0.15, 0.2) is 24.3 Å². The molecule has 18 heavy (non-hydrogen) atoms. The molecule has 2 atom stereocenters. The number of hydrogen-bond acceptors (Lipinski definition) is 5. The highest BCUT2D eigenvalue weighted by atomic mass is 32.2. The molecule has 1 aliphatic heterocycles. The zero-order valence-corrected chi connectivity index (χ0v) is 11.5. The molecule has 0 radical (unpaired) electrons. The predicted molar refractivity (Wildman–Crippen MR) is 69.3 cm³/mol. The highest BCUT2D eigenvalue weighted by Gasteiger charge is 2.40. The van der Waals surface area contributed by atoms with Gasteiger partial charge in [-0.05, 0) is 19.1 Å². The molecular weight excluding hydrogens is 252 g/mol. The third-order valence-corrected chi connectivity index (χ3v) is 3.59. The summed E-state index contributed by atoms with van der Waals surface area (Å²) >= 11 is 1.47. The van der Waals surface area contributed by atoms with Gasteiger partial charge >= 0.3 is 5.97 Å². The van der Waals surface area contributed by atoms with Crippen LogP contribution in [0.25, 0.3) is 0 Å². The van der Waals surface area contributed by atoms with E-state index in [4.69, 9.17) is 14.2 Å². The summed E-state index contributed by atoms with van der Waals surface area (Å²) in [4.78, 5) is 10.9. The lowest BCUT2D eigenvalue weighted by Gasteiger charge is -2.24. The lowest BCUT2D eigenvalue weighted by Crippen LogP contribution is -2.31. The van der Waals surface area contributed by atoms with E-state index in [1.807, 2.05) is 38.1 Å². The highest BCUT2D eigenvalue weighted by Crippen LogP contribution is 2.38. The van der Waals surface area contributed by atoms with Gasteiger partial charge in [0.1, 0.15) is 5.75 Å². The summed E-state index contributed by atoms with van der Waals surface area (Å²) in [6.07, 6.45) is -0.539. The van der Waals surface area contributed by atoms with Gasteiger partial charge in [-0.25, -0.2) is 0 Å². The minimum atomic E-state index is -0.810. The Morgan fingerprint density at radius 2 is 2.11 bits per heavy atom. The van der Waals surface area contributed by atoms with Crippen molar-refractivity contribution in [3.63, 3.8) is 0 Å². The first-order valence-electron chi connectivity index (χ1n) is 5.71. The molecule has 98 valence electrons. The second-order valence-electron chi connectivity index (χ2n) is 4.25. The van der Waals surface area contributed by atoms with Gasteiger partial charge in [0.05, 0.1) is 5.75 Å². The number of carbonyl (C=O) groups is 1. The first-order valence-corrected chi connectivity index (χ1v) is 6.70. The monoisotopic (exact) mass is 268 g/mol. The second-order valence-corrected chi connectivity index (χ2v) is 5.61. The lowest BCUT2D eigenvalue weighted by molar-refractivity contribution is -0.207. The van der Waals surface area contributed by atoms with E-state index in [0.29, 0.717) is 5.75 Å². The van der Waals surface area contributed by atoms with Gasteiger partial charge in [0.2, 0.25) is 6.29 Å². The molecule has 2 unspecified atom stereocenters. The number of esters is 1. The molecule has 0 N–H and O–H groups in total. The third-order valence-electron chi connectivity index (χ3n) is 2.45. The van der Waals surface area contributed by atoms with Gasteiger partial charge in [0, 0.05) is 13.8 Å². The Labute approximate surface area is 111 Å². The fourth-order valence-electron chi connectivity index (χ4n) is 1.64. The fourth-order valence-corrected chi connectivity index (χ4v) is 2.55. The van der Waals surface area contributed by atoms with Crippen LogP contribution in [-0.2, 0) is 14.3 Å². The van der Waals surface area contributed by atoms with E-state index in [1.165, 1.54) is 24.2 Å². The molecule has 1 saturated heterocycles. The van der Waals surface area contributed by atoms with Gasteiger partial charge in [-0.2, -0.15) is 0 Å². The number of benzene rings is 1. The molecule has 1 aliphatic rings. The van der Waals surface area contributed by atoms with Crippen LogP contribution < -0.4 is 4.74 Å². The van der Waals surface area contributed by atoms with Crippen LogP contribution in [0.2, 0.25) is 0 Å². The Kier molecular flexibility index (Phi) is 3.82. The van der Waals surface area contributed by atoms with Gasteiger partial charge in [0.15, 0.2) is 0 Å². The molecule has 0 saturated carbocycles. The van der Waals surface area contributed by atoms with Gasteiger partial charge < -0.3 is 9.47 Å². The van der Waals surface area contributed by atoms with Crippen molar-refractivity contribution in [3.05, 3.63) is 29.8 Å². The summed E-state index contributed by atoms with van der Waals surface area (Å²) in [5, 5.41) is -0.810. The maximum absolute atomic E-state index is 10.9. The minimum absolute atomic E-state index is 0.347. The van der Waals surface area contributed by atoms with Crippen molar-refractivity contribution in [3.8, 4) is 5.75 Å². The van der Waals surface area contributed by atoms with Crippen molar-refractivity contribution in [2.45, 2.75) is 32.2 Å². The lowest BCUT2D eigenvalue weighted by atomic mass is 10.2. The quantitative estimate of drug-likeness (QED) is 0.789. The number of rotatable bonds is 3. The van der Waals surface area contributed by atoms with Crippen molar-refractivity contribution in [1.82, 2.24) is 0 Å². The smallest absolute Gasteiger partial charge is 0.304 e. The zero-order chi connectivity index (χ0) is 13.2. The molecule has 0 bridgehead atoms. The zero-order valence-electron chi connectivity index (χ0n) is 10.6. The number of hydrogen-bond donors (Lipinski definition) is 0. The fraction of sp³-hybridized carbons (Fsp3) is 0.462. The largest absolute Gasteiger partial charge is 0.453 e. The first kappa shape index (κ1) is 13.2. The van der Waals surface area contributed by atoms with Crippen molar-refractivity contribution in [2.24, 2.45) is 0 Å². The standard InChI is InChI=1S/C13H16O4S/c1-9-4-6-11(7-5-9)16-13(3)17-12(8-18-13)15-10(2)14/h4-7,12H,8H2,1-3H3. The van der Waals surface area contributed by atoms with E-state index >= 15 is 0 Å². The molecule has 1 aromatic rings. The highest BCUT2D eigenvalue weighted by molar-refractivity contribution is 8.00. The summed E-state index contributed by atoms with van der Waals surface area (Å²) in [5.41, 5.74) is 1.17. The Morgan fingerprint density at radius 1 is 1.44 bits per heavy atom. The van der Waals surface area contributed by atoms with Gasteiger partial charge in [-0.1, -0.05) is 29.5 Å². The normalized spacial score (nSPS) is 26.9. The summed E-state index contributed by atoms with van der Waals surface area (Å²) < 4.78 is 16.4. The van der Waals surface area contributed by atoms with E-state index in [0.717, 1.165) is 5.75 Å². The van der Waals surface area contributed by atoms with Crippen LogP contribution in [0.3, 0.4) is 0 Å². The molecule has 4 nitrogen and oxygen atoms in total. The van der Waals surface area contributed by atoms with Gasteiger partial charge in [0.25, 0.3) is 5.12 Å². The molecule has 0 aliphatic carbocycles. The molecule has 1 heterocycles. The summed E-state index contributed by atoms with van der Waals surface area (Å²) in [6, 6.07) is 7.73. The van der Waals surface area contributed by atoms with Crippen LogP contribution in [0, 0.1) is 6.92 Å². The van der Waals surface area contributed by atoms with Crippen molar-refractivity contribution in [1.29, 1.82) is 0 Å². The molecular formula is C13H16O4S. The van der Waals surface area contributed by atoms with Gasteiger partial charge in [-0.15, -0.1) is 0 Å². The van der Waals surface area contributed by atoms with Crippen molar-refractivity contribution < 1.29 is 19.0 Å². The number of thioether (sulfide) groups is 1. The van der Waals surface area contributed by atoms with Crippen molar-refractivity contribution in [2.75, 3.05) is 5.75 Å². The topological polar surface area (TPSA) is 44.8 Å². The second kappa shape index (κ2) is 5.20. The van der Waals surface area contributed by atoms with Crippen LogP contribution in [0.1, 0.15) is 19.4 Å². The van der Waals surface area contributed by atoms with Crippen LogP contribution in [-0.4, -0.2) is 23.1 Å². The van der Waals surface area contributed by atoms with Crippen LogP contribution >= 0.6 is 11.8 Å². The molecule has 0 spiro atoms. The summed E-state index contributed by atoms with van der Waals surface area (Å²) in [5.74, 6) is 0.960. The van der Waals surface area contributed by atoms with E-state index < -0.39 is 11.4 Å². The van der Waals surface area contributed by atoms with E-state index in [-0.39, 0.29) is 5.97 Å². The predicted octanol–water partition coefficient (Wildman–Crippen LogP) is 2.70. The molecule has 0 amide bonds. The van der Waals surface area contributed by atoms with E-state index in [9.17, 15) is 4.79 Å². The van der Waals surface area contributed by atoms with E-state index in [2.05, 4.69) is 0 Å². The summed E-state index contributed by atoms with van der Waals surface area (Å²) in [6.45, 7) is 5.20. The molecule has 5 heteroatoms. The Morgan fingerprint density at radius 3 is 2.72 bits per heavy atom. The first-order chi connectivity index (χ1) is 8.47. The number of carbonyl (C=O) groups excluding carboxylic acids is 1. The van der Waals surface area contributed by atoms with Gasteiger partial charge in [-0.3, -0.25) is 9.53 Å². The third kappa shape index (κ3) is 3.40. The number of ether oxygens (including phenoxy) is 3. The SMILES string of the molecule is CC(=O)OC1CSC(C)(Oc2ccc(C)cc2)O1. The summed E-state index contributed by atoms with van der Waals surface area (Å²) in [7, 11) is 0. The Bertz CT molecular complexity index is 431. The van der Waals surface area contributed by atoms with E-state index in [1.54, 1.807) is 0 Å². The molecule has 2 rings (SSSR count). The maximum Gasteiger partial charge on any atom is 0.304 e. The molecule has 1 fully saturated rings. The average Bonchev–Trinajstić information content (AvgIpc) is 2.63. The van der Waals surface area contributed by atoms with Crippen LogP contribution in [0.4, 0.5) is 0 Å². The average molecular weight is 268 g/mol. The Hall–Kier alpha value is -1.20. The molecule has 0 aromatic heterocycles. The Balaban J connectivity index is 1.97. The maximum atomic E-state index is 10.9.